The zero-order valence-electron chi connectivity index (χ0n) is 16.1. The van der Waals surface area contributed by atoms with Crippen LogP contribution in [0, 0.1) is 11.8 Å². The normalized spacial score (nSPS) is 20.3. The maximum Gasteiger partial charge on any atom is 0.0832 e. The number of benzene rings is 2. The minimum atomic E-state index is 0.0269. The van der Waals surface area contributed by atoms with Crippen LogP contribution in [0.25, 0.3) is 0 Å². The van der Waals surface area contributed by atoms with Crippen molar-refractivity contribution in [3.8, 4) is 11.8 Å². The minimum absolute atomic E-state index is 0.0269. The van der Waals surface area contributed by atoms with E-state index in [0.717, 1.165) is 18.7 Å². The Morgan fingerprint density at radius 3 is 2.38 bits per heavy atom. The SMILES string of the molecule is CCCCCC1(C#Cc2ccccc2)CCCCN1Cc1ccccc1. The molecule has 136 valence electrons. The smallest absolute Gasteiger partial charge is 0.0832 e. The van der Waals surface area contributed by atoms with Gasteiger partial charge in [-0.2, -0.15) is 0 Å². The molecule has 0 N–H and O–H groups in total. The summed E-state index contributed by atoms with van der Waals surface area (Å²) in [4.78, 5) is 2.66. The Bertz CT molecular complexity index is 710. The van der Waals surface area contributed by atoms with Gasteiger partial charge in [0.25, 0.3) is 0 Å². The van der Waals surface area contributed by atoms with Crippen molar-refractivity contribution in [2.24, 2.45) is 0 Å². The Kier molecular flexibility index (Phi) is 6.92. The van der Waals surface area contributed by atoms with Crippen molar-refractivity contribution in [3.05, 3.63) is 71.8 Å². The fraction of sp³-hybridized carbons (Fsp3) is 0.440. The van der Waals surface area contributed by atoms with Crippen LogP contribution in [0.3, 0.4) is 0 Å². The van der Waals surface area contributed by atoms with Gasteiger partial charge in [0.05, 0.1) is 5.54 Å². The average Bonchev–Trinajstić information content (AvgIpc) is 2.70. The topological polar surface area (TPSA) is 3.24 Å². The highest BCUT2D eigenvalue weighted by Crippen LogP contribution is 2.34. The molecule has 0 radical (unpaired) electrons. The summed E-state index contributed by atoms with van der Waals surface area (Å²) in [6.45, 7) is 4.45. The highest BCUT2D eigenvalue weighted by Gasteiger charge is 2.36. The molecule has 0 aliphatic carbocycles. The summed E-state index contributed by atoms with van der Waals surface area (Å²) >= 11 is 0. The molecule has 0 aromatic heterocycles. The quantitative estimate of drug-likeness (QED) is 0.455. The van der Waals surface area contributed by atoms with Gasteiger partial charge in [-0.1, -0.05) is 86.6 Å². The third-order valence-electron chi connectivity index (χ3n) is 5.50. The lowest BCUT2D eigenvalue weighted by Gasteiger charge is -2.44. The summed E-state index contributed by atoms with van der Waals surface area (Å²) in [6, 6.07) is 21.3. The Morgan fingerprint density at radius 1 is 0.923 bits per heavy atom. The minimum Gasteiger partial charge on any atom is -0.283 e. The summed E-state index contributed by atoms with van der Waals surface area (Å²) in [5, 5.41) is 0. The molecule has 0 bridgehead atoms. The predicted octanol–water partition coefficient (Wildman–Crippen LogP) is 6.04. The number of hydrogen-bond donors (Lipinski definition) is 0. The first-order valence-corrected chi connectivity index (χ1v) is 10.2. The lowest BCUT2D eigenvalue weighted by molar-refractivity contribution is 0.0758. The third-order valence-corrected chi connectivity index (χ3v) is 5.50. The van der Waals surface area contributed by atoms with E-state index in [0.29, 0.717) is 0 Å². The van der Waals surface area contributed by atoms with Crippen molar-refractivity contribution in [1.29, 1.82) is 0 Å². The Hall–Kier alpha value is -2.04. The van der Waals surface area contributed by atoms with Crippen molar-refractivity contribution < 1.29 is 0 Å². The van der Waals surface area contributed by atoms with Gasteiger partial charge in [-0.25, -0.2) is 0 Å². The molecule has 1 unspecified atom stereocenters. The van der Waals surface area contributed by atoms with Crippen LogP contribution in [0.2, 0.25) is 0 Å². The van der Waals surface area contributed by atoms with Gasteiger partial charge in [0, 0.05) is 12.1 Å². The number of unbranched alkanes of at least 4 members (excludes halogenated alkanes) is 2. The van der Waals surface area contributed by atoms with Crippen molar-refractivity contribution in [1.82, 2.24) is 4.90 Å². The van der Waals surface area contributed by atoms with Gasteiger partial charge in [0.1, 0.15) is 0 Å². The first kappa shape index (κ1) is 18.7. The predicted molar refractivity (Wildman–Crippen MR) is 111 cm³/mol. The van der Waals surface area contributed by atoms with E-state index in [1.54, 1.807) is 0 Å². The lowest BCUT2D eigenvalue weighted by atomic mass is 9.82. The molecule has 1 heterocycles. The highest BCUT2D eigenvalue weighted by molar-refractivity contribution is 5.37. The summed E-state index contributed by atoms with van der Waals surface area (Å²) < 4.78 is 0. The fourth-order valence-electron chi connectivity index (χ4n) is 3.99. The lowest BCUT2D eigenvalue weighted by Crippen LogP contribution is -2.50. The average molecular weight is 346 g/mol. The molecule has 1 aliphatic rings. The van der Waals surface area contributed by atoms with Gasteiger partial charge < -0.3 is 0 Å². The second-order valence-corrected chi connectivity index (χ2v) is 7.47. The van der Waals surface area contributed by atoms with Crippen molar-refractivity contribution in [2.75, 3.05) is 6.54 Å². The molecule has 1 atom stereocenters. The number of likely N-dealkylation sites (tertiary alicyclic amines) is 1. The van der Waals surface area contributed by atoms with Crippen LogP contribution in [0.15, 0.2) is 60.7 Å². The fourth-order valence-corrected chi connectivity index (χ4v) is 3.99. The van der Waals surface area contributed by atoms with Gasteiger partial charge in [-0.3, -0.25) is 4.90 Å². The molecule has 1 saturated heterocycles. The first-order chi connectivity index (χ1) is 12.8. The molecule has 0 spiro atoms. The van der Waals surface area contributed by atoms with Crippen LogP contribution in [0.5, 0.6) is 0 Å². The van der Waals surface area contributed by atoms with Crippen LogP contribution in [-0.2, 0) is 6.54 Å². The molecular weight excluding hydrogens is 314 g/mol. The van der Waals surface area contributed by atoms with E-state index in [1.165, 1.54) is 50.5 Å². The van der Waals surface area contributed by atoms with Gasteiger partial charge in [0.2, 0.25) is 0 Å². The molecule has 26 heavy (non-hydrogen) atoms. The summed E-state index contributed by atoms with van der Waals surface area (Å²) in [5.41, 5.74) is 2.56. The maximum absolute atomic E-state index is 3.76. The van der Waals surface area contributed by atoms with Crippen LogP contribution >= 0.6 is 0 Å². The van der Waals surface area contributed by atoms with Gasteiger partial charge in [0.15, 0.2) is 0 Å². The van der Waals surface area contributed by atoms with E-state index in [9.17, 15) is 0 Å². The van der Waals surface area contributed by atoms with Crippen molar-refractivity contribution >= 4 is 0 Å². The molecule has 0 amide bonds. The molecule has 1 aliphatic heterocycles. The Balaban J connectivity index is 1.87. The second kappa shape index (κ2) is 9.60. The summed E-state index contributed by atoms with van der Waals surface area (Å²) in [7, 11) is 0. The van der Waals surface area contributed by atoms with Crippen LogP contribution in [-0.4, -0.2) is 17.0 Å². The number of hydrogen-bond acceptors (Lipinski definition) is 1. The van der Waals surface area contributed by atoms with Crippen LogP contribution < -0.4 is 0 Å². The number of nitrogens with zero attached hydrogens (tertiary/aromatic N) is 1. The summed E-state index contributed by atoms with van der Waals surface area (Å²) in [5.74, 6) is 7.26. The van der Waals surface area contributed by atoms with E-state index >= 15 is 0 Å². The molecule has 3 rings (SSSR count). The number of piperidine rings is 1. The molecule has 1 nitrogen and oxygen atoms in total. The molecule has 2 aromatic rings. The van der Waals surface area contributed by atoms with Crippen LogP contribution in [0.4, 0.5) is 0 Å². The van der Waals surface area contributed by atoms with E-state index in [1.807, 2.05) is 0 Å². The second-order valence-electron chi connectivity index (χ2n) is 7.47. The van der Waals surface area contributed by atoms with Crippen molar-refractivity contribution in [3.63, 3.8) is 0 Å². The molecule has 1 heteroatoms. The Morgan fingerprint density at radius 2 is 1.65 bits per heavy atom. The van der Waals surface area contributed by atoms with E-state index in [2.05, 4.69) is 84.3 Å². The van der Waals surface area contributed by atoms with Gasteiger partial charge in [-0.05, 0) is 49.9 Å². The van der Waals surface area contributed by atoms with E-state index < -0.39 is 0 Å². The molecule has 1 fully saturated rings. The highest BCUT2D eigenvalue weighted by atomic mass is 15.2. The summed E-state index contributed by atoms with van der Waals surface area (Å²) in [6.07, 6.45) is 8.80. The Labute approximate surface area is 159 Å². The van der Waals surface area contributed by atoms with Crippen LogP contribution in [0.1, 0.15) is 63.0 Å². The maximum atomic E-state index is 3.76. The zero-order chi connectivity index (χ0) is 18.1. The van der Waals surface area contributed by atoms with Gasteiger partial charge in [-0.15, -0.1) is 0 Å². The number of rotatable bonds is 6. The van der Waals surface area contributed by atoms with E-state index in [-0.39, 0.29) is 5.54 Å². The van der Waals surface area contributed by atoms with Gasteiger partial charge >= 0.3 is 0 Å². The standard InChI is InChI=1S/C25H31N/c1-2-3-10-18-25(20-17-23-13-6-4-7-14-23)19-11-12-21-26(25)22-24-15-8-5-9-16-24/h4-9,13-16H,2-3,10-12,18-19,21-22H2,1H3. The zero-order valence-corrected chi connectivity index (χ0v) is 16.1. The largest absolute Gasteiger partial charge is 0.283 e. The molecule has 0 saturated carbocycles. The molecular formula is C25H31N. The first-order valence-electron chi connectivity index (χ1n) is 10.2. The van der Waals surface area contributed by atoms with Crippen molar-refractivity contribution in [2.45, 2.75) is 64.0 Å². The molecule has 2 aromatic carbocycles. The third kappa shape index (κ3) is 4.99. The monoisotopic (exact) mass is 345 g/mol. The van der Waals surface area contributed by atoms with E-state index in [4.69, 9.17) is 0 Å².